The number of carbonyl (C=O) groups excluding carboxylic acids is 5. The summed E-state index contributed by atoms with van der Waals surface area (Å²) in [4.78, 5) is 71.9. The molecule has 4 aliphatic rings. The maximum atomic E-state index is 14.4. The van der Waals surface area contributed by atoms with Crippen LogP contribution >= 0.6 is 0 Å². The number of fused-ring (bicyclic) bond motifs is 3. The van der Waals surface area contributed by atoms with Crippen molar-refractivity contribution in [1.29, 1.82) is 0 Å². The number of allylic oxidation sites excluding steroid dienone is 6. The van der Waals surface area contributed by atoms with Crippen LogP contribution in [-0.2, 0) is 47.7 Å². The van der Waals surface area contributed by atoms with Gasteiger partial charge in [0.15, 0.2) is 5.78 Å². The molecule has 0 aromatic heterocycles. The summed E-state index contributed by atoms with van der Waals surface area (Å²) in [5.41, 5.74) is 0.882. The van der Waals surface area contributed by atoms with Crippen LogP contribution in [0.3, 0.4) is 0 Å². The molecule has 1 aliphatic carbocycles. The molecule has 0 radical (unpaired) electrons. The molecular weight excluding hydrogens is 835 g/mol. The second-order valence-electron chi connectivity index (χ2n) is 19.5. The first kappa shape index (κ1) is 49.5. The summed E-state index contributed by atoms with van der Waals surface area (Å²) in [6.45, 7) is 12.2. The average Bonchev–Trinajstić information content (AvgIpc) is 3.28. The third kappa shape index (κ3) is 14.3. The number of hydrogen-bond donors (Lipinski definition) is 3. The molecule has 0 aromatic rings. The average molecular weight is 917 g/mol. The summed E-state index contributed by atoms with van der Waals surface area (Å²) in [6, 6.07) is -1.21. The van der Waals surface area contributed by atoms with Gasteiger partial charge in [-0.3, -0.25) is 19.2 Å². The Hall–Kier alpha value is -3.37. The van der Waals surface area contributed by atoms with Crippen LogP contribution in [0.2, 0.25) is 0 Å². The topological polar surface area (TPSA) is 195 Å². The molecule has 14 nitrogen and oxygen atoms in total. The fraction of sp³-hybridized carbons (Fsp3) is 0.745. The van der Waals surface area contributed by atoms with Crippen molar-refractivity contribution in [2.24, 2.45) is 35.5 Å². The number of carbonyl (C=O) groups is 5. The molecule has 3 fully saturated rings. The van der Waals surface area contributed by atoms with E-state index in [0.29, 0.717) is 62.5 Å². The Morgan fingerprint density at radius 1 is 0.892 bits per heavy atom. The first-order chi connectivity index (χ1) is 31.9. The highest BCUT2D eigenvalue weighted by atomic mass is 16.6. The number of cyclic esters (lactones) is 1. The molecule has 2 saturated heterocycles. The molecule has 3 aliphatic heterocycles. The van der Waals surface area contributed by atoms with Gasteiger partial charge in [0.1, 0.15) is 30.1 Å². The SMILES string of the molecule is [2H]C([2H])([2H])O[C@H]1C[C@@H]2CC[C@@H](C)[C@@](O)(O2)C(=O)C(=O)N2CCCC[C@H]2C(=O)OC([C@H](C)C[C@@H]2CC[C@@H](O)[C@H](OC)C2)CC(=O)[C@H](C)/C=C(\C)[C@@H](O)[C@@H](OC)C(=O)[C@H](C)C[C@H](C)/C=C/C=C/C=C/1C. The molecular formula is C51H79NO13. The highest BCUT2D eigenvalue weighted by Gasteiger charge is 2.53. The van der Waals surface area contributed by atoms with Gasteiger partial charge in [0.05, 0.1) is 28.5 Å². The summed E-state index contributed by atoms with van der Waals surface area (Å²) in [6.07, 6.45) is 8.32. The molecule has 14 heteroatoms. The monoisotopic (exact) mass is 917 g/mol. The van der Waals surface area contributed by atoms with Crippen LogP contribution in [0.5, 0.6) is 0 Å². The number of rotatable bonds is 6. The molecule has 0 aromatic carbocycles. The molecule has 15 atom stereocenters. The number of hydrogen-bond acceptors (Lipinski definition) is 13. The van der Waals surface area contributed by atoms with Gasteiger partial charge in [0, 0.05) is 58.4 Å². The van der Waals surface area contributed by atoms with Gasteiger partial charge in [-0.25, -0.2) is 4.79 Å². The highest BCUT2D eigenvalue weighted by molar-refractivity contribution is 6.39. The normalized spacial score (nSPS) is 41.3. The van der Waals surface area contributed by atoms with Gasteiger partial charge < -0.3 is 43.9 Å². The van der Waals surface area contributed by atoms with Crippen LogP contribution in [0, 0.1) is 35.5 Å². The quantitative estimate of drug-likeness (QED) is 0.155. The zero-order valence-electron chi connectivity index (χ0n) is 43.1. The number of nitrogens with zero attached hydrogens (tertiary/aromatic N) is 1. The number of Topliss-reactive ketones (excluding diaryl/α,β-unsaturated/α-hetero) is 3. The number of aliphatic hydroxyl groups is 3. The van der Waals surface area contributed by atoms with Gasteiger partial charge in [0.2, 0.25) is 5.79 Å². The fourth-order valence-corrected chi connectivity index (χ4v) is 9.98. The van der Waals surface area contributed by atoms with E-state index in [-0.39, 0.29) is 67.7 Å². The summed E-state index contributed by atoms with van der Waals surface area (Å²) in [5, 5.41) is 33.9. The minimum atomic E-state index is -2.80. The van der Waals surface area contributed by atoms with Crippen molar-refractivity contribution in [2.75, 3.05) is 27.8 Å². The molecule has 1 unspecified atom stereocenters. The lowest BCUT2D eigenvalue weighted by atomic mass is 9.78. The van der Waals surface area contributed by atoms with Crippen molar-refractivity contribution in [1.82, 2.24) is 4.90 Å². The lowest BCUT2D eigenvalue weighted by Gasteiger charge is -2.42. The van der Waals surface area contributed by atoms with Crippen LogP contribution in [0.25, 0.3) is 0 Å². The van der Waals surface area contributed by atoms with E-state index in [1.807, 2.05) is 19.9 Å². The molecule has 1 amide bonds. The minimum Gasteiger partial charge on any atom is -0.460 e. The van der Waals surface area contributed by atoms with E-state index in [4.69, 9.17) is 27.8 Å². The third-order valence-corrected chi connectivity index (χ3v) is 14.3. The Morgan fingerprint density at radius 2 is 1.63 bits per heavy atom. The van der Waals surface area contributed by atoms with E-state index >= 15 is 0 Å². The maximum absolute atomic E-state index is 14.4. The van der Waals surface area contributed by atoms with E-state index in [2.05, 4.69) is 0 Å². The first-order valence-electron chi connectivity index (χ1n) is 25.2. The molecule has 3 N–H and O–H groups in total. The molecule has 2 bridgehead atoms. The number of piperidine rings is 1. The minimum absolute atomic E-state index is 0.0213. The van der Waals surface area contributed by atoms with Gasteiger partial charge in [0.25, 0.3) is 11.7 Å². The van der Waals surface area contributed by atoms with Crippen molar-refractivity contribution < 1.29 is 67.1 Å². The van der Waals surface area contributed by atoms with E-state index in [0.717, 1.165) is 4.90 Å². The summed E-state index contributed by atoms with van der Waals surface area (Å²) >= 11 is 0. The predicted molar refractivity (Wildman–Crippen MR) is 245 cm³/mol. The van der Waals surface area contributed by atoms with Crippen molar-refractivity contribution >= 4 is 29.2 Å². The molecule has 1 saturated carbocycles. The Labute approximate surface area is 391 Å². The Morgan fingerprint density at radius 3 is 2.32 bits per heavy atom. The standard InChI is InChI=1S/C51H79NO13/c1-30-16-12-11-13-17-31(2)42(61-8)28-38-21-19-36(7)51(60,65-38)48(57)49(58)52-23-15-14-18-39(52)50(59)64-43(33(4)26-37-20-22-40(53)44(27-37)62-9)29-41(54)32(3)25-35(6)46(56)47(63-10)45(55)34(5)24-30/h11-13,16-17,25,30,32-34,36-40,42-44,46-47,53,56,60H,14-15,18-24,26-29H2,1-10H3/b13-11+,16-12+,31-17+,35-25+/t30-,32-,33-,34-,36-,37+,38+,39+,40-,42+,43?,44-,46-,47+,51-/m1/s1/i8D3. The number of aliphatic hydroxyl groups excluding tert-OH is 2. The Balaban J connectivity index is 1.73. The zero-order chi connectivity index (χ0) is 50.7. The van der Waals surface area contributed by atoms with Gasteiger partial charge in [-0.2, -0.15) is 0 Å². The van der Waals surface area contributed by atoms with E-state index in [9.17, 15) is 39.3 Å². The van der Waals surface area contributed by atoms with Crippen LogP contribution in [0.4, 0.5) is 0 Å². The molecule has 4 rings (SSSR count). The first-order valence-corrected chi connectivity index (χ1v) is 23.7. The lowest BCUT2D eigenvalue weighted by molar-refractivity contribution is -0.265. The summed E-state index contributed by atoms with van der Waals surface area (Å²) in [5.74, 6) is -8.82. The van der Waals surface area contributed by atoms with Gasteiger partial charge >= 0.3 is 5.97 Å². The van der Waals surface area contributed by atoms with Crippen molar-refractivity contribution in [2.45, 2.75) is 180 Å². The molecule has 0 spiro atoms. The lowest BCUT2D eigenvalue weighted by Crippen LogP contribution is -2.61. The second-order valence-corrected chi connectivity index (χ2v) is 19.5. The van der Waals surface area contributed by atoms with Crippen molar-refractivity contribution in [3.8, 4) is 0 Å². The van der Waals surface area contributed by atoms with Crippen LogP contribution in [0.1, 0.15) is 130 Å². The van der Waals surface area contributed by atoms with Gasteiger partial charge in [-0.05, 0) is 107 Å². The number of amides is 1. The highest BCUT2D eigenvalue weighted by Crippen LogP contribution is 2.38. The third-order valence-electron chi connectivity index (χ3n) is 14.3. The summed E-state index contributed by atoms with van der Waals surface area (Å²) < 4.78 is 52.5. The Kier molecular flexibility index (Phi) is 19.1. The second kappa shape index (κ2) is 25.1. The molecule has 366 valence electrons. The largest absolute Gasteiger partial charge is 0.460 e. The molecule has 65 heavy (non-hydrogen) atoms. The maximum Gasteiger partial charge on any atom is 0.329 e. The van der Waals surface area contributed by atoms with Crippen molar-refractivity contribution in [3.63, 3.8) is 0 Å². The zero-order valence-corrected chi connectivity index (χ0v) is 40.1. The predicted octanol–water partition coefficient (Wildman–Crippen LogP) is 6.18. The Bertz CT molecular complexity index is 1870. The van der Waals surface area contributed by atoms with E-state index in [1.54, 1.807) is 72.1 Å². The van der Waals surface area contributed by atoms with Crippen LogP contribution in [-0.4, -0.2) is 132 Å². The van der Waals surface area contributed by atoms with Crippen molar-refractivity contribution in [3.05, 3.63) is 47.6 Å². The number of methoxy groups -OCH3 is 3. The smallest absolute Gasteiger partial charge is 0.329 e. The van der Waals surface area contributed by atoms with Crippen LogP contribution in [0.15, 0.2) is 47.6 Å². The summed E-state index contributed by atoms with van der Waals surface area (Å²) in [7, 11) is 0.102. The van der Waals surface area contributed by atoms with Gasteiger partial charge in [-0.1, -0.05) is 71.1 Å². The number of esters is 1. The van der Waals surface area contributed by atoms with E-state index < -0.39 is 90.9 Å². The van der Waals surface area contributed by atoms with Gasteiger partial charge in [-0.15, -0.1) is 0 Å². The fourth-order valence-electron chi connectivity index (χ4n) is 9.98. The molecule has 3 heterocycles. The number of ketones is 3. The number of ether oxygens (including phenoxy) is 5. The van der Waals surface area contributed by atoms with Crippen LogP contribution < -0.4 is 0 Å². The van der Waals surface area contributed by atoms with E-state index in [1.165, 1.54) is 7.11 Å².